The van der Waals surface area contributed by atoms with Crippen molar-refractivity contribution in [3.63, 3.8) is 0 Å². The standard InChI is InChI=1S/C10H15N3O/c1-3-14-10-5-9(11-6-12-10)13-8-4-7(8)2/h5-8H,3-4H2,1-2H3,(H,11,12,13). The van der Waals surface area contributed by atoms with Gasteiger partial charge in [0.15, 0.2) is 0 Å². The molecule has 14 heavy (non-hydrogen) atoms. The molecule has 0 amide bonds. The lowest BCUT2D eigenvalue weighted by molar-refractivity contribution is 0.326. The highest BCUT2D eigenvalue weighted by Gasteiger charge is 2.32. The van der Waals surface area contributed by atoms with Crippen LogP contribution in [0.25, 0.3) is 0 Å². The summed E-state index contributed by atoms with van der Waals surface area (Å²) < 4.78 is 5.28. The van der Waals surface area contributed by atoms with Crippen molar-refractivity contribution in [2.45, 2.75) is 26.3 Å². The monoisotopic (exact) mass is 193 g/mol. The van der Waals surface area contributed by atoms with Crippen LogP contribution in [-0.4, -0.2) is 22.6 Å². The summed E-state index contributed by atoms with van der Waals surface area (Å²) in [6.07, 6.45) is 2.76. The third-order valence-electron chi connectivity index (χ3n) is 2.38. The molecular formula is C10H15N3O. The van der Waals surface area contributed by atoms with E-state index in [9.17, 15) is 0 Å². The molecule has 1 fully saturated rings. The molecule has 2 atom stereocenters. The van der Waals surface area contributed by atoms with Crippen LogP contribution in [0.2, 0.25) is 0 Å². The molecule has 0 spiro atoms. The summed E-state index contributed by atoms with van der Waals surface area (Å²) >= 11 is 0. The van der Waals surface area contributed by atoms with E-state index in [0.717, 1.165) is 11.7 Å². The van der Waals surface area contributed by atoms with Crippen molar-refractivity contribution in [3.8, 4) is 5.88 Å². The van der Waals surface area contributed by atoms with Crippen molar-refractivity contribution < 1.29 is 4.74 Å². The molecule has 1 aliphatic carbocycles. The summed E-state index contributed by atoms with van der Waals surface area (Å²) in [7, 11) is 0. The fourth-order valence-corrected chi connectivity index (χ4v) is 1.36. The zero-order valence-corrected chi connectivity index (χ0v) is 8.53. The molecule has 1 N–H and O–H groups in total. The Morgan fingerprint density at radius 1 is 1.57 bits per heavy atom. The van der Waals surface area contributed by atoms with Crippen LogP contribution in [0.1, 0.15) is 20.3 Å². The molecule has 4 nitrogen and oxygen atoms in total. The van der Waals surface area contributed by atoms with E-state index in [1.54, 1.807) is 0 Å². The molecule has 1 heterocycles. The molecule has 0 bridgehead atoms. The Balaban J connectivity index is 1.99. The van der Waals surface area contributed by atoms with Crippen LogP contribution in [0.15, 0.2) is 12.4 Å². The quantitative estimate of drug-likeness (QED) is 0.790. The van der Waals surface area contributed by atoms with Crippen molar-refractivity contribution in [1.29, 1.82) is 0 Å². The summed E-state index contributed by atoms with van der Waals surface area (Å²) in [5.74, 6) is 2.26. The molecule has 1 aliphatic rings. The molecule has 76 valence electrons. The highest BCUT2D eigenvalue weighted by molar-refractivity contribution is 5.39. The molecule has 1 saturated carbocycles. The van der Waals surface area contributed by atoms with Crippen LogP contribution in [0.3, 0.4) is 0 Å². The summed E-state index contributed by atoms with van der Waals surface area (Å²) in [6.45, 7) is 4.80. The largest absolute Gasteiger partial charge is 0.478 e. The SMILES string of the molecule is CCOc1cc(NC2CC2C)ncn1. The van der Waals surface area contributed by atoms with E-state index in [4.69, 9.17) is 4.74 Å². The zero-order chi connectivity index (χ0) is 9.97. The van der Waals surface area contributed by atoms with E-state index in [0.29, 0.717) is 18.5 Å². The maximum atomic E-state index is 5.28. The molecule has 1 aromatic heterocycles. The lowest BCUT2D eigenvalue weighted by Gasteiger charge is -2.05. The first-order valence-electron chi connectivity index (χ1n) is 5.01. The average Bonchev–Trinajstić information content (AvgIpc) is 2.83. The van der Waals surface area contributed by atoms with E-state index in [2.05, 4.69) is 22.2 Å². The lowest BCUT2D eigenvalue weighted by atomic mass is 10.4. The predicted octanol–water partition coefficient (Wildman–Crippen LogP) is 1.70. The van der Waals surface area contributed by atoms with Crippen molar-refractivity contribution in [2.75, 3.05) is 11.9 Å². The van der Waals surface area contributed by atoms with E-state index < -0.39 is 0 Å². The maximum Gasteiger partial charge on any atom is 0.218 e. The van der Waals surface area contributed by atoms with E-state index in [1.165, 1.54) is 12.7 Å². The minimum Gasteiger partial charge on any atom is -0.478 e. The highest BCUT2D eigenvalue weighted by Crippen LogP contribution is 2.32. The first-order valence-corrected chi connectivity index (χ1v) is 5.01. The number of aromatic nitrogens is 2. The van der Waals surface area contributed by atoms with Gasteiger partial charge in [-0.3, -0.25) is 0 Å². The summed E-state index contributed by atoms with van der Waals surface area (Å²) in [5.41, 5.74) is 0. The van der Waals surface area contributed by atoms with E-state index in [-0.39, 0.29) is 0 Å². The van der Waals surface area contributed by atoms with E-state index in [1.807, 2.05) is 13.0 Å². The normalized spacial score (nSPS) is 24.4. The second-order valence-electron chi connectivity index (χ2n) is 3.64. The van der Waals surface area contributed by atoms with Crippen LogP contribution < -0.4 is 10.1 Å². The second kappa shape index (κ2) is 3.82. The van der Waals surface area contributed by atoms with Gasteiger partial charge in [-0.05, 0) is 19.3 Å². The Morgan fingerprint density at radius 2 is 2.36 bits per heavy atom. The topological polar surface area (TPSA) is 47.0 Å². The van der Waals surface area contributed by atoms with Crippen LogP contribution >= 0.6 is 0 Å². The van der Waals surface area contributed by atoms with Gasteiger partial charge in [0.25, 0.3) is 0 Å². The number of rotatable bonds is 4. The number of anilines is 1. The number of hydrogen-bond donors (Lipinski definition) is 1. The van der Waals surface area contributed by atoms with Crippen LogP contribution in [0.4, 0.5) is 5.82 Å². The fourth-order valence-electron chi connectivity index (χ4n) is 1.36. The Morgan fingerprint density at radius 3 is 3.00 bits per heavy atom. The first kappa shape index (κ1) is 9.24. The number of hydrogen-bond acceptors (Lipinski definition) is 4. The molecule has 0 aromatic carbocycles. The van der Waals surface area contributed by atoms with Gasteiger partial charge in [0, 0.05) is 12.1 Å². The summed E-state index contributed by atoms with van der Waals surface area (Å²) in [4.78, 5) is 8.14. The zero-order valence-electron chi connectivity index (χ0n) is 8.53. The molecule has 2 unspecified atom stereocenters. The van der Waals surface area contributed by atoms with Crippen LogP contribution in [-0.2, 0) is 0 Å². The van der Waals surface area contributed by atoms with E-state index >= 15 is 0 Å². The molecule has 0 saturated heterocycles. The average molecular weight is 193 g/mol. The molecule has 0 aliphatic heterocycles. The van der Waals surface area contributed by atoms with Gasteiger partial charge in [0.05, 0.1) is 6.61 Å². The summed E-state index contributed by atoms with van der Waals surface area (Å²) in [6, 6.07) is 2.42. The Kier molecular flexibility index (Phi) is 2.52. The van der Waals surface area contributed by atoms with Gasteiger partial charge in [-0.1, -0.05) is 6.92 Å². The Labute approximate surface area is 83.7 Å². The van der Waals surface area contributed by atoms with Crippen LogP contribution in [0.5, 0.6) is 5.88 Å². The third kappa shape index (κ3) is 2.13. The van der Waals surface area contributed by atoms with Crippen LogP contribution in [0, 0.1) is 5.92 Å². The van der Waals surface area contributed by atoms with Gasteiger partial charge < -0.3 is 10.1 Å². The number of nitrogens with one attached hydrogen (secondary N) is 1. The maximum absolute atomic E-state index is 5.28. The molecule has 2 rings (SSSR count). The molecular weight excluding hydrogens is 178 g/mol. The number of ether oxygens (including phenoxy) is 1. The van der Waals surface area contributed by atoms with Gasteiger partial charge in [0.1, 0.15) is 12.1 Å². The predicted molar refractivity (Wildman–Crippen MR) is 54.4 cm³/mol. The Bertz CT molecular complexity index is 316. The lowest BCUT2D eigenvalue weighted by Crippen LogP contribution is -2.06. The molecule has 4 heteroatoms. The highest BCUT2D eigenvalue weighted by atomic mass is 16.5. The smallest absolute Gasteiger partial charge is 0.218 e. The first-order chi connectivity index (χ1) is 6.79. The molecule has 1 aromatic rings. The number of nitrogens with zero attached hydrogens (tertiary/aromatic N) is 2. The fraction of sp³-hybridized carbons (Fsp3) is 0.600. The van der Waals surface area contributed by atoms with Gasteiger partial charge in [-0.15, -0.1) is 0 Å². The third-order valence-corrected chi connectivity index (χ3v) is 2.38. The molecule has 0 radical (unpaired) electrons. The Hall–Kier alpha value is -1.32. The van der Waals surface area contributed by atoms with Gasteiger partial charge in [-0.25, -0.2) is 9.97 Å². The van der Waals surface area contributed by atoms with Crippen molar-refractivity contribution >= 4 is 5.82 Å². The van der Waals surface area contributed by atoms with Crippen molar-refractivity contribution in [3.05, 3.63) is 12.4 Å². The summed E-state index contributed by atoms with van der Waals surface area (Å²) in [5, 5.41) is 3.33. The van der Waals surface area contributed by atoms with Gasteiger partial charge >= 0.3 is 0 Å². The van der Waals surface area contributed by atoms with Crippen molar-refractivity contribution in [2.24, 2.45) is 5.92 Å². The second-order valence-corrected chi connectivity index (χ2v) is 3.64. The van der Waals surface area contributed by atoms with Gasteiger partial charge in [0.2, 0.25) is 5.88 Å². The minimum atomic E-state index is 0.583. The van der Waals surface area contributed by atoms with Gasteiger partial charge in [-0.2, -0.15) is 0 Å². The minimum absolute atomic E-state index is 0.583. The van der Waals surface area contributed by atoms with Crippen molar-refractivity contribution in [1.82, 2.24) is 9.97 Å².